The average Bonchev–Trinajstić information content (AvgIpc) is 3.31. The monoisotopic (exact) mass is 972 g/mol. The number of fused-ring (bicyclic) bond motifs is 1. The van der Waals surface area contributed by atoms with Gasteiger partial charge in [-0.1, -0.05) is 60.7 Å². The van der Waals surface area contributed by atoms with Crippen LogP contribution in [-0.4, -0.2) is 23.9 Å². The Hall–Kier alpha value is -6.52. The third kappa shape index (κ3) is 7.69. The number of hydrogen-bond donors (Lipinski definition) is 0. The highest BCUT2D eigenvalue weighted by Crippen LogP contribution is 2.31. The fraction of sp³-hybridized carbons (Fsp3) is 0.0465. The van der Waals surface area contributed by atoms with Crippen LogP contribution in [0.25, 0.3) is 10.8 Å². The summed E-state index contributed by atoms with van der Waals surface area (Å²) < 4.78 is 294. The first-order valence-electron chi connectivity index (χ1n) is 17.9. The molecule has 1 nitrogen and oxygen atoms in total. The average molecular weight is 972 g/mol. The van der Waals surface area contributed by atoms with Crippen molar-refractivity contribution in [1.29, 1.82) is 0 Å². The van der Waals surface area contributed by atoms with Crippen molar-refractivity contribution in [1.82, 2.24) is 0 Å². The largest absolute Gasteiger partial charge is 0.289 e. The van der Waals surface area contributed by atoms with Crippen LogP contribution in [0.1, 0.15) is 10.4 Å². The van der Waals surface area contributed by atoms with Crippen molar-refractivity contribution in [2.75, 3.05) is 12.0 Å². The lowest BCUT2D eigenvalue weighted by atomic mass is 9.12. The number of rotatable bonds is 8. The molecule has 0 N–H and O–H groups in total. The van der Waals surface area contributed by atoms with Gasteiger partial charge in [-0.3, -0.25) is 4.79 Å². The van der Waals surface area contributed by atoms with E-state index in [-0.39, 0.29) is 16.7 Å². The number of benzene rings is 7. The van der Waals surface area contributed by atoms with Gasteiger partial charge in [-0.2, -0.15) is 0 Å². The van der Waals surface area contributed by atoms with Crippen LogP contribution < -0.4 is 21.9 Å². The van der Waals surface area contributed by atoms with E-state index in [9.17, 15) is 57.5 Å². The lowest BCUT2D eigenvalue weighted by Gasteiger charge is -2.44. The summed E-state index contributed by atoms with van der Waals surface area (Å²) in [5.41, 5.74) is -13.5. The summed E-state index contributed by atoms with van der Waals surface area (Å²) >= 11 is 0. The van der Waals surface area contributed by atoms with Gasteiger partial charge in [0.15, 0.2) is 80.5 Å². The Balaban J connectivity index is 0.000000284. The van der Waals surface area contributed by atoms with E-state index in [4.69, 9.17) is 0 Å². The van der Waals surface area contributed by atoms with Gasteiger partial charge in [-0.05, 0) is 17.5 Å². The Morgan fingerprint density at radius 3 is 0.970 bits per heavy atom. The van der Waals surface area contributed by atoms with Crippen molar-refractivity contribution >= 4 is 55.4 Å². The van der Waals surface area contributed by atoms with E-state index < -0.39 is 144 Å². The van der Waals surface area contributed by atoms with Gasteiger partial charge in [0.25, 0.3) is 0 Å². The molecule has 0 aliphatic carbocycles. The molecule has 0 aliphatic heterocycles. The molecule has 0 aromatic heterocycles. The highest BCUT2D eigenvalue weighted by atomic mass is 32.2. The summed E-state index contributed by atoms with van der Waals surface area (Å²) in [5, 5.41) is 2.49. The molecule has 66 heavy (non-hydrogen) atoms. The van der Waals surface area contributed by atoms with Crippen LogP contribution in [0.5, 0.6) is 0 Å². The van der Waals surface area contributed by atoms with Gasteiger partial charge in [0.2, 0.25) is 5.78 Å². The number of hydrogen-bond acceptors (Lipinski definition) is 1. The molecule has 0 radical (unpaired) electrons. The van der Waals surface area contributed by atoms with E-state index in [1.54, 1.807) is 0 Å². The van der Waals surface area contributed by atoms with Gasteiger partial charge in [-0.25, -0.2) is 87.8 Å². The molecule has 1 atom stereocenters. The summed E-state index contributed by atoms with van der Waals surface area (Å²) in [5.74, 6) is -70.6. The number of carbonyl (C=O) groups excluding carboxylic acids is 1. The van der Waals surface area contributed by atoms with E-state index in [1.165, 1.54) is 15.7 Å². The minimum Gasteiger partial charge on any atom is -0.289 e. The Labute approximate surface area is 359 Å². The van der Waals surface area contributed by atoms with Crippen LogP contribution in [0.4, 0.5) is 87.8 Å². The molecule has 7 rings (SSSR count). The Morgan fingerprint density at radius 1 is 0.364 bits per heavy atom. The molecule has 0 saturated heterocycles. The molecular weight excluding hydrogens is 955 g/mol. The van der Waals surface area contributed by atoms with Crippen LogP contribution in [0.15, 0.2) is 77.7 Å². The molecule has 0 amide bonds. The van der Waals surface area contributed by atoms with Gasteiger partial charge < -0.3 is 0 Å². The van der Waals surface area contributed by atoms with Crippen molar-refractivity contribution < 1.29 is 92.6 Å². The fourth-order valence-corrected chi connectivity index (χ4v) is 8.94. The van der Waals surface area contributed by atoms with Crippen LogP contribution in [0.3, 0.4) is 0 Å². The minimum absolute atomic E-state index is 0.0881. The molecule has 7 aromatic carbocycles. The minimum atomic E-state index is -7.22. The lowest BCUT2D eigenvalue weighted by molar-refractivity contribution is 0.102. The molecule has 0 spiro atoms. The van der Waals surface area contributed by atoms with E-state index in [0.29, 0.717) is 5.75 Å². The maximum atomic E-state index is 15.4. The van der Waals surface area contributed by atoms with Gasteiger partial charge in [0, 0.05) is 21.8 Å². The molecule has 0 aliphatic rings. The third-order valence-electron chi connectivity index (χ3n) is 10.3. The highest BCUT2D eigenvalue weighted by Gasteiger charge is 2.52. The number of ketones is 1. The molecular formula is C43H17BF20OS. The third-order valence-corrected chi connectivity index (χ3v) is 12.1. The van der Waals surface area contributed by atoms with Crippen LogP contribution in [0, 0.1) is 116 Å². The first kappa shape index (κ1) is 48.9. The fourth-order valence-electron chi connectivity index (χ4n) is 7.36. The number of Topliss-reactive ketones (excluding diaryl/α,β-unsaturated/α-hetero) is 1. The topological polar surface area (TPSA) is 17.1 Å². The van der Waals surface area contributed by atoms with E-state index in [2.05, 4.69) is 48.7 Å². The number of carbonyl (C=O) groups is 1. The quantitative estimate of drug-likeness (QED) is 0.0371. The second-order valence-corrected chi connectivity index (χ2v) is 15.9. The summed E-state index contributed by atoms with van der Waals surface area (Å²) in [6.45, 7) is 0. The molecule has 0 fully saturated rings. The molecule has 1 unspecified atom stereocenters. The summed E-state index contributed by atoms with van der Waals surface area (Å²) in [4.78, 5) is 13.6. The Morgan fingerprint density at radius 2 is 0.636 bits per heavy atom. The van der Waals surface area contributed by atoms with E-state index >= 15 is 35.1 Å². The second-order valence-electron chi connectivity index (χ2n) is 13.8. The normalized spacial score (nSPS) is 12.1. The first-order chi connectivity index (χ1) is 31.0. The summed E-state index contributed by atoms with van der Waals surface area (Å²) in [7, 11) is -0.0881. The predicted molar refractivity (Wildman–Crippen MR) is 200 cm³/mol. The van der Waals surface area contributed by atoms with Gasteiger partial charge in [0.1, 0.15) is 58.9 Å². The SMILES string of the molecule is C[S+](CC(=O)c1ccccc1)c1cccc2ccccc12.Fc1c(F)c(F)c([B-](c2c(F)c(F)c(F)c(F)c2F)(c2c(F)c(F)c(F)c(F)c2F)c2c(F)c(F)c(F)c(F)c2F)c(F)c1F. The Bertz CT molecular complexity index is 2720. The highest BCUT2D eigenvalue weighted by molar-refractivity contribution is 7.97. The Kier molecular flexibility index (Phi) is 13.6. The van der Waals surface area contributed by atoms with Gasteiger partial charge >= 0.3 is 0 Å². The maximum Gasteiger partial charge on any atom is 0.212 e. The van der Waals surface area contributed by atoms with Crippen molar-refractivity contribution in [2.24, 2.45) is 0 Å². The van der Waals surface area contributed by atoms with Crippen molar-refractivity contribution in [3.63, 3.8) is 0 Å². The molecule has 23 heteroatoms. The molecule has 7 aromatic rings. The van der Waals surface area contributed by atoms with Crippen molar-refractivity contribution in [3.8, 4) is 0 Å². The van der Waals surface area contributed by atoms with Gasteiger partial charge in [-0.15, -0.1) is 21.9 Å². The maximum absolute atomic E-state index is 15.4. The molecule has 0 heterocycles. The van der Waals surface area contributed by atoms with E-state index in [0.717, 1.165) is 5.56 Å². The van der Waals surface area contributed by atoms with Crippen LogP contribution in [0.2, 0.25) is 0 Å². The van der Waals surface area contributed by atoms with Gasteiger partial charge in [0.05, 0.1) is 0 Å². The first-order valence-corrected chi connectivity index (χ1v) is 19.7. The van der Waals surface area contributed by atoms with Crippen molar-refractivity contribution in [2.45, 2.75) is 4.90 Å². The molecule has 344 valence electrons. The second kappa shape index (κ2) is 18.4. The zero-order chi connectivity index (χ0) is 49.0. The smallest absolute Gasteiger partial charge is 0.212 e. The van der Waals surface area contributed by atoms with Crippen molar-refractivity contribution in [3.05, 3.63) is 195 Å². The molecule has 0 bridgehead atoms. The standard InChI is InChI=1S/C24BF20.C19H17OS/c26-5-1(6(27)14(35)21(42)13(5)34)25(2-7(28)15(36)22(43)16(37)8(2)29,3-9(30)17(38)23(44)18(39)10(3)31)4-11(32)19(40)24(45)20(41)12(4)33;1-21(14-18(20)16-9-3-2-4-10-16)19-13-7-11-15-8-5-6-12-17(15)19/h;2-13H,14H2,1H3/q-1;+1. The van der Waals surface area contributed by atoms with E-state index in [1.807, 2.05) is 30.3 Å². The lowest BCUT2D eigenvalue weighted by Crippen LogP contribution is -2.81. The molecule has 0 saturated carbocycles. The zero-order valence-corrected chi connectivity index (χ0v) is 32.9. The summed E-state index contributed by atoms with van der Waals surface area (Å²) in [6.07, 6.45) is -5.06. The zero-order valence-electron chi connectivity index (χ0n) is 32.1. The number of halogens is 20. The summed E-state index contributed by atoms with van der Waals surface area (Å²) in [6, 6.07) is 24.3. The predicted octanol–water partition coefficient (Wildman–Crippen LogP) is 10.2. The van der Waals surface area contributed by atoms with Crippen LogP contribution >= 0.6 is 0 Å². The van der Waals surface area contributed by atoms with Crippen LogP contribution in [-0.2, 0) is 10.9 Å².